The van der Waals surface area contributed by atoms with Crippen LogP contribution in [0.3, 0.4) is 0 Å². The van der Waals surface area contributed by atoms with Crippen LogP contribution in [0.25, 0.3) is 21.9 Å². The number of phenolic OH excluding ortho intramolecular Hbond substituents is 1. The lowest BCUT2D eigenvalue weighted by Gasteiger charge is -2.36. The highest BCUT2D eigenvalue weighted by Gasteiger charge is 2.44. The Bertz CT molecular complexity index is 1050. The van der Waals surface area contributed by atoms with Gasteiger partial charge >= 0.3 is 0 Å². The quantitative estimate of drug-likeness (QED) is 0.364. The van der Waals surface area contributed by atoms with Gasteiger partial charge in [0.2, 0.25) is 0 Å². The number of thioether (sulfide) groups is 1. The standard InChI is InChI=1S/C24H24OS2/c1-27-22-12-17-18(11-15(22)14-26)23-16-7-3-4-8-19(16)24(9-5-2-6-10-24)20(23)13-21(17)25/h3-4,7-8,11-13,25-26H,2,5-6,9-10,14H2,1H3. The summed E-state index contributed by atoms with van der Waals surface area (Å²) in [6, 6.07) is 15.4. The average molecular weight is 393 g/mol. The highest BCUT2D eigenvalue weighted by Crippen LogP contribution is 2.58. The molecule has 0 amide bonds. The van der Waals surface area contributed by atoms with Crippen molar-refractivity contribution in [2.45, 2.75) is 48.2 Å². The van der Waals surface area contributed by atoms with E-state index < -0.39 is 0 Å². The Hall–Kier alpha value is -1.58. The maximum absolute atomic E-state index is 11.0. The van der Waals surface area contributed by atoms with Gasteiger partial charge in [0, 0.05) is 21.4 Å². The number of rotatable bonds is 2. The van der Waals surface area contributed by atoms with Crippen LogP contribution in [0, 0.1) is 0 Å². The SMILES string of the molecule is CSc1cc2c(O)cc3c(c2cc1CS)-c1ccccc1C31CCCCC1. The minimum absolute atomic E-state index is 0.0785. The lowest BCUT2D eigenvalue weighted by molar-refractivity contribution is 0.351. The molecule has 0 saturated heterocycles. The second-order valence-electron chi connectivity index (χ2n) is 7.87. The number of hydrogen-bond acceptors (Lipinski definition) is 3. The third-order valence-corrected chi connectivity index (χ3v) is 7.78. The first-order valence-electron chi connectivity index (χ1n) is 9.77. The van der Waals surface area contributed by atoms with Crippen molar-refractivity contribution in [1.29, 1.82) is 0 Å². The highest BCUT2D eigenvalue weighted by molar-refractivity contribution is 7.98. The molecule has 27 heavy (non-hydrogen) atoms. The minimum atomic E-state index is 0.0785. The van der Waals surface area contributed by atoms with Crippen molar-refractivity contribution < 1.29 is 5.11 Å². The zero-order valence-corrected chi connectivity index (χ0v) is 17.3. The number of hydrogen-bond donors (Lipinski definition) is 2. The van der Waals surface area contributed by atoms with Crippen LogP contribution in [0.2, 0.25) is 0 Å². The maximum Gasteiger partial charge on any atom is 0.123 e. The van der Waals surface area contributed by atoms with Gasteiger partial charge in [-0.2, -0.15) is 12.6 Å². The summed E-state index contributed by atoms with van der Waals surface area (Å²) in [4.78, 5) is 1.20. The van der Waals surface area contributed by atoms with Crippen LogP contribution in [0.5, 0.6) is 5.75 Å². The summed E-state index contributed by atoms with van der Waals surface area (Å²) < 4.78 is 0. The average Bonchev–Trinajstić information content (AvgIpc) is 2.97. The Morgan fingerprint density at radius 3 is 2.52 bits per heavy atom. The summed E-state index contributed by atoms with van der Waals surface area (Å²) >= 11 is 6.29. The Kier molecular flexibility index (Phi) is 4.21. The first-order valence-corrected chi connectivity index (χ1v) is 11.6. The molecule has 1 spiro atoms. The van der Waals surface area contributed by atoms with Gasteiger partial charge in [0.25, 0.3) is 0 Å². The van der Waals surface area contributed by atoms with Crippen LogP contribution in [-0.2, 0) is 11.2 Å². The van der Waals surface area contributed by atoms with E-state index in [0.717, 1.165) is 5.39 Å². The van der Waals surface area contributed by atoms with Crippen molar-refractivity contribution in [1.82, 2.24) is 0 Å². The molecule has 2 aliphatic carbocycles. The molecule has 1 nitrogen and oxygen atoms in total. The van der Waals surface area contributed by atoms with E-state index in [1.165, 1.54) is 70.2 Å². The molecule has 1 saturated carbocycles. The Morgan fingerprint density at radius 1 is 1.00 bits per heavy atom. The molecular formula is C24H24OS2. The van der Waals surface area contributed by atoms with Crippen LogP contribution < -0.4 is 0 Å². The van der Waals surface area contributed by atoms with E-state index in [4.69, 9.17) is 0 Å². The fourth-order valence-electron chi connectivity index (χ4n) is 5.41. The number of benzene rings is 3. The molecule has 1 N–H and O–H groups in total. The van der Waals surface area contributed by atoms with Gasteiger partial charge in [-0.1, -0.05) is 43.5 Å². The summed E-state index contributed by atoms with van der Waals surface area (Å²) in [6.45, 7) is 0. The highest BCUT2D eigenvalue weighted by atomic mass is 32.2. The van der Waals surface area contributed by atoms with Gasteiger partial charge < -0.3 is 5.11 Å². The van der Waals surface area contributed by atoms with Gasteiger partial charge in [-0.05, 0) is 70.5 Å². The number of phenols is 1. The molecule has 0 aliphatic heterocycles. The van der Waals surface area contributed by atoms with Crippen molar-refractivity contribution in [3.8, 4) is 16.9 Å². The molecular weight excluding hydrogens is 368 g/mol. The topological polar surface area (TPSA) is 20.2 Å². The van der Waals surface area contributed by atoms with E-state index in [9.17, 15) is 5.11 Å². The fraction of sp³-hybridized carbons (Fsp3) is 0.333. The number of aromatic hydroxyl groups is 1. The summed E-state index contributed by atoms with van der Waals surface area (Å²) in [5, 5.41) is 13.1. The predicted octanol–water partition coefficient (Wildman–Crippen LogP) is 6.93. The van der Waals surface area contributed by atoms with Gasteiger partial charge in [0.1, 0.15) is 5.75 Å². The van der Waals surface area contributed by atoms with Crippen molar-refractivity contribution in [3.63, 3.8) is 0 Å². The van der Waals surface area contributed by atoms with E-state index in [2.05, 4.69) is 61.3 Å². The summed E-state index contributed by atoms with van der Waals surface area (Å²) in [6.07, 6.45) is 8.30. The van der Waals surface area contributed by atoms with E-state index in [1.807, 2.05) is 0 Å². The molecule has 138 valence electrons. The Labute approximate surface area is 170 Å². The van der Waals surface area contributed by atoms with Crippen molar-refractivity contribution in [2.75, 3.05) is 6.26 Å². The number of fused-ring (bicyclic) bond motifs is 7. The third kappa shape index (κ3) is 2.41. The van der Waals surface area contributed by atoms with Gasteiger partial charge in [-0.15, -0.1) is 11.8 Å². The van der Waals surface area contributed by atoms with E-state index in [0.29, 0.717) is 11.5 Å². The molecule has 0 heterocycles. The van der Waals surface area contributed by atoms with Gasteiger partial charge in [-0.3, -0.25) is 0 Å². The molecule has 5 rings (SSSR count). The maximum atomic E-state index is 11.0. The first-order chi connectivity index (χ1) is 13.2. The fourth-order valence-corrected chi connectivity index (χ4v) is 6.41. The minimum Gasteiger partial charge on any atom is -0.507 e. The number of thiol groups is 1. The van der Waals surface area contributed by atoms with E-state index in [-0.39, 0.29) is 5.41 Å². The van der Waals surface area contributed by atoms with Crippen LogP contribution in [-0.4, -0.2) is 11.4 Å². The molecule has 0 bridgehead atoms. The Morgan fingerprint density at radius 2 is 1.78 bits per heavy atom. The lowest BCUT2D eigenvalue weighted by atomic mass is 9.67. The molecule has 3 heteroatoms. The van der Waals surface area contributed by atoms with Crippen LogP contribution in [0.15, 0.2) is 47.4 Å². The molecule has 2 aliphatic rings. The summed E-state index contributed by atoms with van der Waals surface area (Å²) in [7, 11) is 0. The Balaban J connectivity index is 1.91. The second-order valence-corrected chi connectivity index (χ2v) is 9.04. The summed E-state index contributed by atoms with van der Waals surface area (Å²) in [5.41, 5.74) is 6.84. The zero-order valence-electron chi connectivity index (χ0n) is 15.6. The van der Waals surface area contributed by atoms with Gasteiger partial charge in [0.15, 0.2) is 0 Å². The third-order valence-electron chi connectivity index (χ3n) is 6.62. The molecule has 3 aromatic rings. The lowest BCUT2D eigenvalue weighted by Crippen LogP contribution is -2.27. The van der Waals surface area contributed by atoms with Crippen LogP contribution in [0.1, 0.15) is 48.8 Å². The largest absolute Gasteiger partial charge is 0.507 e. The first kappa shape index (κ1) is 17.5. The van der Waals surface area contributed by atoms with Crippen LogP contribution >= 0.6 is 24.4 Å². The van der Waals surface area contributed by atoms with E-state index >= 15 is 0 Å². The zero-order chi connectivity index (χ0) is 18.6. The molecule has 1 fully saturated rings. The molecule has 3 aromatic carbocycles. The van der Waals surface area contributed by atoms with E-state index in [1.54, 1.807) is 11.8 Å². The molecule has 0 atom stereocenters. The normalized spacial score (nSPS) is 17.3. The molecule has 0 unspecified atom stereocenters. The van der Waals surface area contributed by atoms with Crippen LogP contribution in [0.4, 0.5) is 0 Å². The molecule has 0 aromatic heterocycles. The smallest absolute Gasteiger partial charge is 0.123 e. The van der Waals surface area contributed by atoms with Gasteiger partial charge in [0.05, 0.1) is 0 Å². The second kappa shape index (κ2) is 6.49. The van der Waals surface area contributed by atoms with Crippen molar-refractivity contribution in [2.24, 2.45) is 0 Å². The molecule has 0 radical (unpaired) electrons. The van der Waals surface area contributed by atoms with Gasteiger partial charge in [-0.25, -0.2) is 0 Å². The van der Waals surface area contributed by atoms with Crippen molar-refractivity contribution in [3.05, 3.63) is 59.2 Å². The monoisotopic (exact) mass is 392 g/mol. The summed E-state index contributed by atoms with van der Waals surface area (Å²) in [5.74, 6) is 1.13. The predicted molar refractivity (Wildman–Crippen MR) is 119 cm³/mol. The van der Waals surface area contributed by atoms with Crippen molar-refractivity contribution >= 4 is 35.2 Å².